The zero-order chi connectivity index (χ0) is 23.9. The van der Waals surface area contributed by atoms with Crippen molar-refractivity contribution in [2.75, 3.05) is 13.2 Å². The van der Waals surface area contributed by atoms with Crippen molar-refractivity contribution >= 4 is 16.9 Å². The van der Waals surface area contributed by atoms with Crippen LogP contribution in [0.25, 0.3) is 11.0 Å². The summed E-state index contributed by atoms with van der Waals surface area (Å²) in [7, 11) is 0. The first-order valence-electron chi connectivity index (χ1n) is 12.0. The summed E-state index contributed by atoms with van der Waals surface area (Å²) in [5.74, 6) is 2.01. The third-order valence-corrected chi connectivity index (χ3v) is 6.20. The maximum atomic E-state index is 12.5. The molecule has 4 aromatic rings. The number of para-hydroxylation sites is 3. The molecule has 0 fully saturated rings. The van der Waals surface area contributed by atoms with Gasteiger partial charge in [0.25, 0.3) is 0 Å². The van der Waals surface area contributed by atoms with Gasteiger partial charge in [-0.3, -0.25) is 4.79 Å². The Hall–Kier alpha value is -3.60. The van der Waals surface area contributed by atoms with Gasteiger partial charge in [-0.05, 0) is 61.6 Å². The largest absolute Gasteiger partial charge is 0.493 e. The molecule has 1 heterocycles. The van der Waals surface area contributed by atoms with E-state index in [1.54, 1.807) is 0 Å². The van der Waals surface area contributed by atoms with E-state index < -0.39 is 0 Å². The summed E-state index contributed by atoms with van der Waals surface area (Å²) in [4.78, 5) is 17.3. The number of rotatable bonds is 10. The third kappa shape index (κ3) is 5.66. The molecule has 0 radical (unpaired) electrons. The molecular weight excluding hydrogens is 422 g/mol. The topological polar surface area (TPSA) is 56.2 Å². The molecule has 0 saturated carbocycles. The predicted molar refractivity (Wildman–Crippen MR) is 137 cm³/mol. The molecule has 1 aromatic heterocycles. The van der Waals surface area contributed by atoms with Crippen molar-refractivity contribution < 1.29 is 9.53 Å². The summed E-state index contributed by atoms with van der Waals surface area (Å²) in [6.07, 6.45) is 1.96. The molecule has 0 aliphatic carbocycles. The predicted octanol–water partition coefficient (Wildman–Crippen LogP) is 5.33. The summed E-state index contributed by atoms with van der Waals surface area (Å²) in [5.41, 5.74) is 6.64. The lowest BCUT2D eigenvalue weighted by molar-refractivity contribution is -0.120. The highest BCUT2D eigenvalue weighted by molar-refractivity contribution is 5.79. The Morgan fingerprint density at radius 3 is 2.41 bits per heavy atom. The first kappa shape index (κ1) is 23.6. The Balaban J connectivity index is 1.36. The summed E-state index contributed by atoms with van der Waals surface area (Å²) in [6.45, 7) is 8.22. The van der Waals surface area contributed by atoms with Crippen LogP contribution in [0.2, 0.25) is 0 Å². The minimum Gasteiger partial charge on any atom is -0.493 e. The third-order valence-electron chi connectivity index (χ3n) is 6.20. The van der Waals surface area contributed by atoms with E-state index in [-0.39, 0.29) is 5.91 Å². The Morgan fingerprint density at radius 1 is 0.912 bits per heavy atom. The molecule has 5 heteroatoms. The number of aromatic nitrogens is 2. The van der Waals surface area contributed by atoms with Gasteiger partial charge in [0, 0.05) is 19.5 Å². The summed E-state index contributed by atoms with van der Waals surface area (Å²) in [6, 6.07) is 22.4. The van der Waals surface area contributed by atoms with E-state index in [1.165, 1.54) is 0 Å². The second-order valence-electron chi connectivity index (χ2n) is 8.79. The molecule has 0 unspecified atom stereocenters. The van der Waals surface area contributed by atoms with Crippen LogP contribution in [-0.2, 0) is 24.2 Å². The molecule has 0 spiro atoms. The number of carbonyl (C=O) groups excluding carboxylic acids is 1. The highest BCUT2D eigenvalue weighted by Crippen LogP contribution is 2.23. The van der Waals surface area contributed by atoms with Crippen molar-refractivity contribution in [3.8, 4) is 5.75 Å². The highest BCUT2D eigenvalue weighted by Gasteiger charge is 2.12. The Labute approximate surface area is 201 Å². The van der Waals surface area contributed by atoms with Crippen molar-refractivity contribution in [1.82, 2.24) is 14.9 Å². The van der Waals surface area contributed by atoms with Crippen LogP contribution in [0.4, 0.5) is 0 Å². The van der Waals surface area contributed by atoms with Gasteiger partial charge in [0.1, 0.15) is 11.6 Å². The van der Waals surface area contributed by atoms with Gasteiger partial charge in [0.05, 0.1) is 24.1 Å². The smallest absolute Gasteiger partial charge is 0.224 e. The number of nitrogens with one attached hydrogen (secondary N) is 1. The van der Waals surface area contributed by atoms with Gasteiger partial charge < -0.3 is 14.6 Å². The average molecular weight is 456 g/mol. The number of benzene rings is 3. The molecule has 0 atom stereocenters. The average Bonchev–Trinajstić information content (AvgIpc) is 3.17. The van der Waals surface area contributed by atoms with E-state index >= 15 is 0 Å². The van der Waals surface area contributed by atoms with Crippen LogP contribution in [0.5, 0.6) is 5.75 Å². The summed E-state index contributed by atoms with van der Waals surface area (Å²) < 4.78 is 8.37. The van der Waals surface area contributed by atoms with Gasteiger partial charge in [-0.2, -0.15) is 0 Å². The van der Waals surface area contributed by atoms with Crippen LogP contribution in [0.15, 0.2) is 66.7 Å². The summed E-state index contributed by atoms with van der Waals surface area (Å²) >= 11 is 0. The normalized spacial score (nSPS) is 11.0. The zero-order valence-corrected chi connectivity index (χ0v) is 20.3. The summed E-state index contributed by atoms with van der Waals surface area (Å²) in [5, 5.41) is 3.06. The van der Waals surface area contributed by atoms with Gasteiger partial charge in [-0.25, -0.2) is 4.98 Å². The van der Waals surface area contributed by atoms with Crippen LogP contribution >= 0.6 is 0 Å². The molecule has 1 N–H and O–H groups in total. The van der Waals surface area contributed by atoms with Crippen molar-refractivity contribution in [3.63, 3.8) is 0 Å². The monoisotopic (exact) mass is 455 g/mol. The first-order valence-corrected chi connectivity index (χ1v) is 12.0. The molecule has 3 aromatic carbocycles. The quantitative estimate of drug-likeness (QED) is 0.329. The van der Waals surface area contributed by atoms with Crippen molar-refractivity contribution in [1.29, 1.82) is 0 Å². The standard InChI is InChI=1S/C29H33N3O2/c1-21-10-4-5-13-24(21)20-28(33)30-17-16-27-31-25-14-6-7-15-26(25)32(27)18-9-19-34-29-22(2)11-8-12-23(29)3/h4-8,10-15H,9,16-20H2,1-3H3,(H,30,33). The van der Waals surface area contributed by atoms with Gasteiger partial charge in [-0.15, -0.1) is 0 Å². The molecule has 176 valence electrons. The molecule has 34 heavy (non-hydrogen) atoms. The van der Waals surface area contributed by atoms with Crippen molar-refractivity contribution in [2.24, 2.45) is 0 Å². The fourth-order valence-electron chi connectivity index (χ4n) is 4.35. The minimum atomic E-state index is 0.0407. The van der Waals surface area contributed by atoms with Gasteiger partial charge in [-0.1, -0.05) is 54.6 Å². The van der Waals surface area contributed by atoms with Crippen LogP contribution < -0.4 is 10.1 Å². The van der Waals surface area contributed by atoms with Gasteiger partial charge >= 0.3 is 0 Å². The van der Waals surface area contributed by atoms with E-state index in [9.17, 15) is 4.79 Å². The number of carbonyl (C=O) groups is 1. The Bertz CT molecular complexity index is 1260. The highest BCUT2D eigenvalue weighted by atomic mass is 16.5. The number of aryl methyl sites for hydroxylation is 4. The van der Waals surface area contributed by atoms with Gasteiger partial charge in [0.2, 0.25) is 5.91 Å². The van der Waals surface area contributed by atoms with Crippen LogP contribution in [-0.4, -0.2) is 28.6 Å². The van der Waals surface area contributed by atoms with E-state index in [2.05, 4.69) is 48.0 Å². The lowest BCUT2D eigenvalue weighted by Crippen LogP contribution is -2.28. The fraction of sp³-hybridized carbons (Fsp3) is 0.310. The molecule has 4 rings (SSSR count). The fourth-order valence-corrected chi connectivity index (χ4v) is 4.35. The van der Waals surface area contributed by atoms with Crippen LogP contribution in [0.1, 0.15) is 34.5 Å². The zero-order valence-electron chi connectivity index (χ0n) is 20.3. The number of imidazole rings is 1. The van der Waals surface area contributed by atoms with E-state index in [1.807, 2.05) is 49.4 Å². The molecule has 1 amide bonds. The van der Waals surface area contributed by atoms with Crippen LogP contribution in [0.3, 0.4) is 0 Å². The number of hydrogen-bond donors (Lipinski definition) is 1. The van der Waals surface area contributed by atoms with Crippen molar-refractivity contribution in [2.45, 2.75) is 46.6 Å². The van der Waals surface area contributed by atoms with E-state index in [0.717, 1.165) is 57.8 Å². The Morgan fingerprint density at radius 2 is 1.62 bits per heavy atom. The van der Waals surface area contributed by atoms with Gasteiger partial charge in [0.15, 0.2) is 0 Å². The molecular formula is C29H33N3O2. The molecule has 0 bridgehead atoms. The number of ether oxygens (including phenoxy) is 1. The minimum absolute atomic E-state index is 0.0407. The first-order chi connectivity index (χ1) is 16.5. The number of amides is 1. The Kier molecular flexibility index (Phi) is 7.63. The lowest BCUT2D eigenvalue weighted by atomic mass is 10.1. The van der Waals surface area contributed by atoms with Crippen molar-refractivity contribution in [3.05, 3.63) is 94.8 Å². The SMILES string of the molecule is Cc1ccccc1CC(=O)NCCc1nc2ccccc2n1CCCOc1c(C)cccc1C. The molecule has 0 saturated heterocycles. The molecule has 5 nitrogen and oxygen atoms in total. The maximum absolute atomic E-state index is 12.5. The lowest BCUT2D eigenvalue weighted by Gasteiger charge is -2.13. The number of hydrogen-bond acceptors (Lipinski definition) is 3. The molecule has 0 aliphatic heterocycles. The number of nitrogens with zero attached hydrogens (tertiary/aromatic N) is 2. The van der Waals surface area contributed by atoms with Crippen LogP contribution in [0, 0.1) is 20.8 Å². The maximum Gasteiger partial charge on any atom is 0.224 e. The second kappa shape index (κ2) is 11.0. The number of fused-ring (bicyclic) bond motifs is 1. The second-order valence-corrected chi connectivity index (χ2v) is 8.79. The van der Waals surface area contributed by atoms with E-state index in [4.69, 9.17) is 9.72 Å². The molecule has 0 aliphatic rings. The van der Waals surface area contributed by atoms with E-state index in [0.29, 0.717) is 26.0 Å².